The predicted molar refractivity (Wildman–Crippen MR) is 99.5 cm³/mol. The van der Waals surface area contributed by atoms with Gasteiger partial charge < -0.3 is 10.1 Å². The van der Waals surface area contributed by atoms with Crippen LogP contribution in [0.5, 0.6) is 5.75 Å². The first kappa shape index (κ1) is 18.1. The van der Waals surface area contributed by atoms with Crippen LogP contribution in [0.25, 0.3) is 6.08 Å². The van der Waals surface area contributed by atoms with E-state index >= 15 is 0 Å². The van der Waals surface area contributed by atoms with Gasteiger partial charge in [-0.15, -0.1) is 0 Å². The van der Waals surface area contributed by atoms with E-state index in [2.05, 4.69) is 10.6 Å². The van der Waals surface area contributed by atoms with Crippen molar-refractivity contribution in [1.29, 1.82) is 0 Å². The van der Waals surface area contributed by atoms with Crippen molar-refractivity contribution in [3.63, 3.8) is 0 Å². The van der Waals surface area contributed by atoms with Gasteiger partial charge in [0.05, 0.1) is 23.8 Å². The number of hydrogen-bond acceptors (Lipinski definition) is 5. The number of carbonyl (C=O) groups is 1. The summed E-state index contributed by atoms with van der Waals surface area (Å²) in [5.41, 5.74) is 1.18. The third-order valence-corrected chi connectivity index (χ3v) is 3.31. The largest absolute Gasteiger partial charge is 0.494 e. The van der Waals surface area contributed by atoms with Crippen LogP contribution in [0.3, 0.4) is 0 Å². The first-order chi connectivity index (χ1) is 12.0. The van der Waals surface area contributed by atoms with Gasteiger partial charge in [-0.3, -0.25) is 20.2 Å². The third kappa shape index (κ3) is 5.40. The maximum absolute atomic E-state index is 11.9. The average molecular weight is 357 g/mol. The zero-order valence-electron chi connectivity index (χ0n) is 13.3. The molecule has 0 aliphatic carbocycles. The Morgan fingerprint density at radius 2 is 1.96 bits per heavy atom. The average Bonchev–Trinajstić information content (AvgIpc) is 2.61. The molecule has 0 heterocycles. The van der Waals surface area contributed by atoms with Crippen molar-refractivity contribution in [2.24, 2.45) is 0 Å². The number of nitrogens with one attached hydrogen (secondary N) is 2. The van der Waals surface area contributed by atoms with Gasteiger partial charge in [0.15, 0.2) is 5.11 Å². The molecule has 0 saturated carbocycles. The molecule has 2 aromatic carbocycles. The molecule has 7 nitrogen and oxygen atoms in total. The summed E-state index contributed by atoms with van der Waals surface area (Å²) in [4.78, 5) is 22.1. The molecule has 0 aromatic heterocycles. The topological polar surface area (TPSA) is 93.5 Å². The quantitative estimate of drug-likeness (QED) is 0.370. The van der Waals surface area contributed by atoms with Crippen molar-refractivity contribution < 1.29 is 14.5 Å². The number of thiocarbonyl (C=S) groups is 1. The maximum atomic E-state index is 11.9. The lowest BCUT2D eigenvalue weighted by Gasteiger charge is -2.11. The number of anilines is 1. The summed E-state index contributed by atoms with van der Waals surface area (Å²) in [6.07, 6.45) is 3.01. The molecular formula is C17H15N3O4S. The number of amides is 1. The van der Waals surface area contributed by atoms with Crippen molar-refractivity contribution in [3.8, 4) is 5.75 Å². The van der Waals surface area contributed by atoms with Gasteiger partial charge in [-0.1, -0.05) is 30.3 Å². The van der Waals surface area contributed by atoms with Gasteiger partial charge in [-0.05, 0) is 29.9 Å². The second-order valence-electron chi connectivity index (χ2n) is 4.83. The Kier molecular flexibility index (Phi) is 6.19. The van der Waals surface area contributed by atoms with E-state index in [4.69, 9.17) is 17.0 Å². The van der Waals surface area contributed by atoms with Crippen molar-refractivity contribution in [3.05, 3.63) is 70.3 Å². The number of hydrogen-bond donors (Lipinski definition) is 2. The highest BCUT2D eigenvalue weighted by molar-refractivity contribution is 7.80. The Bertz CT molecular complexity index is 822. The van der Waals surface area contributed by atoms with Crippen LogP contribution in [0.4, 0.5) is 11.4 Å². The lowest BCUT2D eigenvalue weighted by molar-refractivity contribution is -0.384. The molecule has 0 fully saturated rings. The minimum atomic E-state index is -0.527. The van der Waals surface area contributed by atoms with Crippen LogP contribution < -0.4 is 15.4 Å². The van der Waals surface area contributed by atoms with E-state index in [-0.39, 0.29) is 16.5 Å². The number of nitro benzene ring substituents is 1. The van der Waals surface area contributed by atoms with Crippen LogP contribution >= 0.6 is 12.2 Å². The smallest absolute Gasteiger partial charge is 0.273 e. The Balaban J connectivity index is 1.99. The summed E-state index contributed by atoms with van der Waals surface area (Å²) in [5, 5.41) is 16.1. The highest BCUT2D eigenvalue weighted by atomic mass is 32.1. The van der Waals surface area contributed by atoms with Gasteiger partial charge in [-0.25, -0.2) is 0 Å². The Labute approximate surface area is 149 Å². The van der Waals surface area contributed by atoms with E-state index in [1.807, 2.05) is 30.3 Å². The molecule has 0 saturated heterocycles. The summed E-state index contributed by atoms with van der Waals surface area (Å²) < 4.78 is 5.09. The SMILES string of the molecule is COc1cc([N+](=O)[O-])ccc1NC(=S)NC(=O)C=Cc1ccccc1. The normalized spacial score (nSPS) is 10.3. The molecule has 0 spiro atoms. The molecular weight excluding hydrogens is 342 g/mol. The predicted octanol–water partition coefficient (Wildman–Crippen LogP) is 3.13. The number of benzene rings is 2. The summed E-state index contributed by atoms with van der Waals surface area (Å²) >= 11 is 5.07. The van der Waals surface area contributed by atoms with Crippen LogP contribution in [-0.4, -0.2) is 23.1 Å². The molecule has 0 atom stereocenters. The molecule has 0 aliphatic rings. The van der Waals surface area contributed by atoms with E-state index in [0.717, 1.165) is 5.56 Å². The Morgan fingerprint density at radius 1 is 1.24 bits per heavy atom. The zero-order chi connectivity index (χ0) is 18.2. The molecule has 0 bridgehead atoms. The number of methoxy groups -OCH3 is 1. The Morgan fingerprint density at radius 3 is 2.60 bits per heavy atom. The number of rotatable bonds is 5. The fraction of sp³-hybridized carbons (Fsp3) is 0.0588. The van der Waals surface area contributed by atoms with Crippen LogP contribution in [-0.2, 0) is 4.79 Å². The fourth-order valence-corrected chi connectivity index (χ4v) is 2.15. The second-order valence-corrected chi connectivity index (χ2v) is 5.24. The van der Waals surface area contributed by atoms with Crippen LogP contribution in [0.2, 0.25) is 0 Å². The van der Waals surface area contributed by atoms with Crippen molar-refractivity contribution in [2.45, 2.75) is 0 Å². The van der Waals surface area contributed by atoms with Gasteiger partial charge in [-0.2, -0.15) is 0 Å². The van der Waals surface area contributed by atoms with E-state index in [9.17, 15) is 14.9 Å². The summed E-state index contributed by atoms with van der Waals surface area (Å²) in [6.45, 7) is 0. The zero-order valence-corrected chi connectivity index (χ0v) is 14.1. The number of nitro groups is 1. The fourth-order valence-electron chi connectivity index (χ4n) is 1.94. The van der Waals surface area contributed by atoms with Gasteiger partial charge >= 0.3 is 0 Å². The van der Waals surface area contributed by atoms with E-state index in [1.54, 1.807) is 6.08 Å². The minimum absolute atomic E-state index is 0.0508. The molecule has 25 heavy (non-hydrogen) atoms. The number of ether oxygens (including phenoxy) is 1. The lowest BCUT2D eigenvalue weighted by atomic mass is 10.2. The summed E-state index contributed by atoms with van der Waals surface area (Å²) in [7, 11) is 1.38. The third-order valence-electron chi connectivity index (χ3n) is 3.11. The molecule has 8 heteroatoms. The lowest BCUT2D eigenvalue weighted by Crippen LogP contribution is -2.32. The van der Waals surface area contributed by atoms with Gasteiger partial charge in [0.25, 0.3) is 5.69 Å². The van der Waals surface area contributed by atoms with Crippen LogP contribution in [0.15, 0.2) is 54.6 Å². The number of nitrogens with zero attached hydrogens (tertiary/aromatic N) is 1. The molecule has 128 valence electrons. The van der Waals surface area contributed by atoms with E-state index in [0.29, 0.717) is 5.69 Å². The van der Waals surface area contributed by atoms with Crippen molar-refractivity contribution in [1.82, 2.24) is 5.32 Å². The minimum Gasteiger partial charge on any atom is -0.494 e. The Hall–Kier alpha value is -3.26. The first-order valence-corrected chi connectivity index (χ1v) is 7.58. The maximum Gasteiger partial charge on any atom is 0.273 e. The molecule has 0 radical (unpaired) electrons. The number of carbonyl (C=O) groups excluding carboxylic acids is 1. The molecule has 2 aromatic rings. The summed E-state index contributed by atoms with van der Waals surface area (Å²) in [6, 6.07) is 13.4. The standard InChI is InChI=1S/C17H15N3O4S/c1-24-15-11-13(20(22)23)8-9-14(15)18-17(25)19-16(21)10-7-12-5-3-2-4-6-12/h2-11H,1H3,(H2,18,19,21,25). The number of non-ortho nitro benzene ring substituents is 1. The molecule has 0 aliphatic heterocycles. The van der Waals surface area contributed by atoms with Crippen LogP contribution in [0.1, 0.15) is 5.56 Å². The summed E-state index contributed by atoms with van der Waals surface area (Å²) in [5.74, 6) is -0.159. The van der Waals surface area contributed by atoms with Gasteiger partial charge in [0.2, 0.25) is 5.91 Å². The van der Waals surface area contributed by atoms with Gasteiger partial charge in [0.1, 0.15) is 5.75 Å². The van der Waals surface area contributed by atoms with Crippen molar-refractivity contribution in [2.75, 3.05) is 12.4 Å². The monoisotopic (exact) mass is 357 g/mol. The van der Waals surface area contributed by atoms with Crippen LogP contribution in [0, 0.1) is 10.1 Å². The molecule has 1 amide bonds. The van der Waals surface area contributed by atoms with Crippen molar-refractivity contribution >= 4 is 40.7 Å². The highest BCUT2D eigenvalue weighted by Crippen LogP contribution is 2.28. The van der Waals surface area contributed by atoms with Gasteiger partial charge in [0, 0.05) is 12.1 Å². The molecule has 0 unspecified atom stereocenters. The van der Waals surface area contributed by atoms with E-state index in [1.165, 1.54) is 31.4 Å². The molecule has 2 rings (SSSR count). The van der Waals surface area contributed by atoms with E-state index < -0.39 is 10.8 Å². The second kappa shape index (κ2) is 8.55. The highest BCUT2D eigenvalue weighted by Gasteiger charge is 2.12. The molecule has 2 N–H and O–H groups in total. The first-order valence-electron chi connectivity index (χ1n) is 7.17.